The summed E-state index contributed by atoms with van der Waals surface area (Å²) in [5.74, 6) is 2.26. The minimum Gasteiger partial charge on any atom is -0.364 e. The Morgan fingerprint density at radius 2 is 1.67 bits per heavy atom. The van der Waals surface area contributed by atoms with Gasteiger partial charge < -0.3 is 4.74 Å². The first-order valence-corrected chi connectivity index (χ1v) is 5.42. The molecule has 0 radical (unpaired) electrons. The van der Waals surface area contributed by atoms with Crippen molar-refractivity contribution in [2.24, 2.45) is 0 Å². The average molecular weight is 178 g/mol. The fraction of sp³-hybridized carbons (Fsp3) is 0.400. The predicted molar refractivity (Wildman–Crippen MR) is 50.3 cm³/mol. The summed E-state index contributed by atoms with van der Waals surface area (Å²) in [5.41, 5.74) is 2.85. The van der Waals surface area contributed by atoms with E-state index in [2.05, 4.69) is 24.3 Å². The van der Waals surface area contributed by atoms with Gasteiger partial charge in [0.2, 0.25) is 0 Å². The molecule has 1 saturated heterocycles. The van der Waals surface area contributed by atoms with E-state index in [1.54, 1.807) is 0 Å². The molecule has 0 amide bonds. The number of hydrogen-bond donors (Lipinski definition) is 0. The molecule has 2 unspecified atom stereocenters. The third kappa shape index (κ3) is 0.852. The van der Waals surface area contributed by atoms with E-state index in [9.17, 15) is 0 Å². The number of thioether (sulfide) groups is 1. The van der Waals surface area contributed by atoms with E-state index >= 15 is 0 Å². The number of fused-ring (bicyclic) bond motifs is 5. The molecule has 62 valence electrons. The Labute approximate surface area is 76.1 Å². The Morgan fingerprint density at radius 3 is 2.25 bits per heavy atom. The molecule has 2 bridgehead atoms. The van der Waals surface area contributed by atoms with E-state index in [4.69, 9.17) is 4.74 Å². The highest BCUT2D eigenvalue weighted by molar-refractivity contribution is 7.99. The van der Waals surface area contributed by atoms with Crippen molar-refractivity contribution in [3.8, 4) is 0 Å². The Hall–Kier alpha value is -0.470. The molecule has 2 atom stereocenters. The summed E-state index contributed by atoms with van der Waals surface area (Å²) in [5, 5.41) is 0. The largest absolute Gasteiger partial charge is 0.364 e. The highest BCUT2D eigenvalue weighted by Gasteiger charge is 2.34. The van der Waals surface area contributed by atoms with Crippen LogP contribution in [0.1, 0.15) is 23.3 Å². The van der Waals surface area contributed by atoms with Crippen LogP contribution in [0.25, 0.3) is 0 Å². The average Bonchev–Trinajstić information content (AvgIpc) is 2.41. The van der Waals surface area contributed by atoms with Crippen LogP contribution < -0.4 is 0 Å². The van der Waals surface area contributed by atoms with Gasteiger partial charge in [-0.25, -0.2) is 0 Å². The van der Waals surface area contributed by atoms with E-state index in [1.807, 2.05) is 11.8 Å². The molecule has 2 aliphatic rings. The lowest BCUT2D eigenvalue weighted by molar-refractivity contribution is 0.0324. The van der Waals surface area contributed by atoms with Gasteiger partial charge in [-0.1, -0.05) is 24.3 Å². The summed E-state index contributed by atoms with van der Waals surface area (Å²) in [6, 6.07) is 8.61. The highest BCUT2D eigenvalue weighted by Crippen LogP contribution is 2.45. The first kappa shape index (κ1) is 6.98. The number of hydrogen-bond acceptors (Lipinski definition) is 2. The molecule has 1 aromatic rings. The Morgan fingerprint density at radius 1 is 1.08 bits per heavy atom. The van der Waals surface area contributed by atoms with Crippen LogP contribution in [0.15, 0.2) is 24.3 Å². The molecule has 1 fully saturated rings. The summed E-state index contributed by atoms with van der Waals surface area (Å²) in [7, 11) is 0. The van der Waals surface area contributed by atoms with Gasteiger partial charge in [0.1, 0.15) is 0 Å². The minimum atomic E-state index is 0.380. The number of rotatable bonds is 0. The second kappa shape index (κ2) is 2.51. The van der Waals surface area contributed by atoms with Crippen molar-refractivity contribution >= 4 is 11.8 Å². The molecule has 0 saturated carbocycles. The van der Waals surface area contributed by atoms with Crippen LogP contribution in [0, 0.1) is 0 Å². The Kier molecular flexibility index (Phi) is 1.46. The monoisotopic (exact) mass is 178 g/mol. The molecule has 3 rings (SSSR count). The zero-order valence-corrected chi connectivity index (χ0v) is 7.51. The number of ether oxygens (including phenoxy) is 1. The fourth-order valence-corrected chi connectivity index (χ4v) is 3.06. The van der Waals surface area contributed by atoms with Gasteiger partial charge in [0.05, 0.1) is 12.2 Å². The SMILES string of the molecule is c1ccc2c(c1)C1CSCC2O1. The first-order chi connectivity index (χ1) is 5.95. The van der Waals surface area contributed by atoms with Crippen molar-refractivity contribution in [3.63, 3.8) is 0 Å². The summed E-state index contributed by atoms with van der Waals surface area (Å²) in [6.45, 7) is 0. The van der Waals surface area contributed by atoms with Crippen molar-refractivity contribution in [3.05, 3.63) is 35.4 Å². The lowest BCUT2D eigenvalue weighted by Gasteiger charge is -2.19. The molecule has 1 nitrogen and oxygen atoms in total. The maximum Gasteiger partial charge on any atom is 0.0927 e. The predicted octanol–water partition coefficient (Wildman–Crippen LogP) is 2.55. The van der Waals surface area contributed by atoms with Crippen LogP contribution >= 0.6 is 11.8 Å². The third-order valence-electron chi connectivity index (χ3n) is 2.56. The summed E-state index contributed by atoms with van der Waals surface area (Å²) < 4.78 is 5.85. The standard InChI is InChI=1S/C10H10OS/c1-2-4-8-7(3-1)9-5-12-6-10(8)11-9/h1-4,9-10H,5-6H2. The van der Waals surface area contributed by atoms with E-state index in [0.29, 0.717) is 12.2 Å². The van der Waals surface area contributed by atoms with Gasteiger partial charge in [-0.15, -0.1) is 0 Å². The fourth-order valence-electron chi connectivity index (χ4n) is 1.98. The highest BCUT2D eigenvalue weighted by atomic mass is 32.2. The maximum atomic E-state index is 5.85. The van der Waals surface area contributed by atoms with E-state index in [0.717, 1.165) is 11.5 Å². The van der Waals surface area contributed by atoms with Crippen LogP contribution in [0.3, 0.4) is 0 Å². The van der Waals surface area contributed by atoms with Crippen molar-refractivity contribution in [1.82, 2.24) is 0 Å². The van der Waals surface area contributed by atoms with Crippen LogP contribution in [0.5, 0.6) is 0 Å². The van der Waals surface area contributed by atoms with Gasteiger partial charge in [0, 0.05) is 11.5 Å². The van der Waals surface area contributed by atoms with E-state index < -0.39 is 0 Å². The van der Waals surface area contributed by atoms with Gasteiger partial charge in [-0.05, 0) is 11.1 Å². The summed E-state index contributed by atoms with van der Waals surface area (Å²) in [4.78, 5) is 0. The molecule has 0 spiro atoms. The summed E-state index contributed by atoms with van der Waals surface area (Å²) in [6.07, 6.45) is 0.759. The Balaban J connectivity index is 2.16. The van der Waals surface area contributed by atoms with Gasteiger partial charge in [-0.2, -0.15) is 11.8 Å². The Bertz CT molecular complexity index is 281. The van der Waals surface area contributed by atoms with Crippen molar-refractivity contribution in [2.75, 3.05) is 11.5 Å². The molecule has 0 aromatic heterocycles. The first-order valence-electron chi connectivity index (χ1n) is 4.27. The van der Waals surface area contributed by atoms with Crippen LogP contribution in [0.4, 0.5) is 0 Å². The van der Waals surface area contributed by atoms with E-state index in [-0.39, 0.29) is 0 Å². The second-order valence-electron chi connectivity index (χ2n) is 3.28. The molecule has 0 aliphatic carbocycles. The molecule has 0 N–H and O–H groups in total. The van der Waals surface area contributed by atoms with E-state index in [1.165, 1.54) is 11.1 Å². The molecule has 2 aliphatic heterocycles. The smallest absolute Gasteiger partial charge is 0.0927 e. The normalized spacial score (nSPS) is 31.7. The van der Waals surface area contributed by atoms with Gasteiger partial charge >= 0.3 is 0 Å². The van der Waals surface area contributed by atoms with Crippen LogP contribution in [-0.2, 0) is 4.74 Å². The lowest BCUT2D eigenvalue weighted by Crippen LogP contribution is -2.09. The third-order valence-corrected chi connectivity index (χ3v) is 3.63. The molecular formula is C10H10OS. The molecule has 2 heterocycles. The number of benzene rings is 1. The summed E-state index contributed by atoms with van der Waals surface area (Å²) >= 11 is 2.01. The topological polar surface area (TPSA) is 9.23 Å². The maximum absolute atomic E-state index is 5.85. The van der Waals surface area contributed by atoms with Crippen molar-refractivity contribution < 1.29 is 4.74 Å². The second-order valence-corrected chi connectivity index (χ2v) is 4.35. The molecule has 1 aromatic carbocycles. The van der Waals surface area contributed by atoms with Crippen LogP contribution in [0.2, 0.25) is 0 Å². The van der Waals surface area contributed by atoms with Gasteiger partial charge in [0.15, 0.2) is 0 Å². The quantitative estimate of drug-likeness (QED) is 0.603. The molecule has 2 heteroatoms. The molecule has 12 heavy (non-hydrogen) atoms. The minimum absolute atomic E-state index is 0.380. The van der Waals surface area contributed by atoms with Gasteiger partial charge in [0.25, 0.3) is 0 Å². The molecular weight excluding hydrogens is 168 g/mol. The zero-order valence-electron chi connectivity index (χ0n) is 6.69. The van der Waals surface area contributed by atoms with Crippen LogP contribution in [-0.4, -0.2) is 11.5 Å². The van der Waals surface area contributed by atoms with Crippen molar-refractivity contribution in [1.29, 1.82) is 0 Å². The van der Waals surface area contributed by atoms with Crippen molar-refractivity contribution in [2.45, 2.75) is 12.2 Å². The zero-order chi connectivity index (χ0) is 7.97. The van der Waals surface area contributed by atoms with Gasteiger partial charge in [-0.3, -0.25) is 0 Å². The lowest BCUT2D eigenvalue weighted by atomic mass is 10.0.